The maximum atomic E-state index is 14.1. The molecule has 0 aliphatic rings. The first-order valence-electron chi connectivity index (χ1n) is 7.42. The molecule has 2 rings (SSSR count). The minimum atomic E-state index is -4.77. The van der Waals surface area contributed by atoms with E-state index in [1.54, 1.807) is 0 Å². The molecule has 0 unspecified atom stereocenters. The van der Waals surface area contributed by atoms with Gasteiger partial charge in [-0.2, -0.15) is 18.2 Å². The van der Waals surface area contributed by atoms with Crippen LogP contribution in [0, 0.1) is 11.7 Å². The Morgan fingerprint density at radius 3 is 2.54 bits per heavy atom. The first kappa shape index (κ1) is 18.1. The van der Waals surface area contributed by atoms with Crippen molar-refractivity contribution in [3.8, 4) is 11.4 Å². The highest BCUT2D eigenvalue weighted by atomic mass is 19.4. The van der Waals surface area contributed by atoms with Crippen molar-refractivity contribution in [2.75, 3.05) is 0 Å². The second-order valence-electron chi connectivity index (χ2n) is 5.82. The highest BCUT2D eigenvalue weighted by molar-refractivity contribution is 5.96. The standard InChI is InChI=1S/C16H16F4N2O2/c1-9(2)4-3-5-13(23)11-7-6-10(8-12(11)17)14-21-15(24-22-14)16(18,19)20/h6-9H,3-5H2,1-2H3. The first-order chi connectivity index (χ1) is 11.2. The molecule has 0 bridgehead atoms. The molecule has 0 aliphatic heterocycles. The van der Waals surface area contributed by atoms with Gasteiger partial charge in [-0.15, -0.1) is 0 Å². The number of benzene rings is 1. The van der Waals surface area contributed by atoms with E-state index >= 15 is 0 Å². The summed E-state index contributed by atoms with van der Waals surface area (Å²) in [5, 5.41) is 3.18. The molecule has 2 aromatic rings. The number of halogens is 4. The van der Waals surface area contributed by atoms with Crippen molar-refractivity contribution >= 4 is 5.78 Å². The molecule has 1 heterocycles. The zero-order valence-corrected chi connectivity index (χ0v) is 13.2. The number of ketones is 1. The lowest BCUT2D eigenvalue weighted by Gasteiger charge is -2.05. The minimum Gasteiger partial charge on any atom is -0.329 e. The number of nitrogens with zero attached hydrogens (tertiary/aromatic N) is 2. The second kappa shape index (κ2) is 7.11. The van der Waals surface area contributed by atoms with Gasteiger partial charge in [-0.25, -0.2) is 4.39 Å². The maximum Gasteiger partial charge on any atom is 0.471 e. The van der Waals surface area contributed by atoms with Crippen LogP contribution in [0.25, 0.3) is 11.4 Å². The predicted octanol–water partition coefficient (Wildman–Crippen LogP) is 4.90. The van der Waals surface area contributed by atoms with Crippen molar-refractivity contribution in [1.82, 2.24) is 10.1 Å². The quantitative estimate of drug-likeness (QED) is 0.552. The van der Waals surface area contributed by atoms with Crippen molar-refractivity contribution in [1.29, 1.82) is 0 Å². The van der Waals surface area contributed by atoms with Crippen molar-refractivity contribution in [2.45, 2.75) is 39.3 Å². The topological polar surface area (TPSA) is 56.0 Å². The van der Waals surface area contributed by atoms with Gasteiger partial charge in [-0.1, -0.05) is 31.5 Å². The lowest BCUT2D eigenvalue weighted by Crippen LogP contribution is -2.05. The van der Waals surface area contributed by atoms with E-state index in [0.29, 0.717) is 12.3 Å². The van der Waals surface area contributed by atoms with E-state index in [2.05, 4.69) is 14.7 Å². The minimum absolute atomic E-state index is 0.00507. The van der Waals surface area contributed by atoms with Crippen LogP contribution in [0.15, 0.2) is 22.7 Å². The van der Waals surface area contributed by atoms with Gasteiger partial charge in [0, 0.05) is 12.0 Å². The van der Waals surface area contributed by atoms with E-state index in [-0.39, 0.29) is 29.2 Å². The van der Waals surface area contributed by atoms with Crippen LogP contribution in [-0.2, 0) is 6.18 Å². The Morgan fingerprint density at radius 2 is 2.00 bits per heavy atom. The summed E-state index contributed by atoms with van der Waals surface area (Å²) < 4.78 is 55.5. The Kier molecular flexibility index (Phi) is 5.36. The van der Waals surface area contributed by atoms with Crippen molar-refractivity contribution in [2.24, 2.45) is 5.92 Å². The number of hydrogen-bond acceptors (Lipinski definition) is 4. The van der Waals surface area contributed by atoms with Crippen LogP contribution in [0.1, 0.15) is 49.4 Å². The van der Waals surface area contributed by atoms with E-state index in [1.165, 1.54) is 12.1 Å². The van der Waals surface area contributed by atoms with Crippen molar-refractivity contribution < 1.29 is 26.9 Å². The van der Waals surface area contributed by atoms with E-state index in [1.807, 2.05) is 13.8 Å². The third-order valence-corrected chi connectivity index (χ3v) is 3.38. The summed E-state index contributed by atoms with van der Waals surface area (Å²) in [6.45, 7) is 4.06. The third kappa shape index (κ3) is 4.39. The zero-order valence-electron chi connectivity index (χ0n) is 13.2. The second-order valence-corrected chi connectivity index (χ2v) is 5.82. The average molecular weight is 344 g/mol. The van der Waals surface area contributed by atoms with Crippen LogP contribution in [0.2, 0.25) is 0 Å². The summed E-state index contributed by atoms with van der Waals surface area (Å²) in [6.07, 6.45) is -3.04. The summed E-state index contributed by atoms with van der Waals surface area (Å²) >= 11 is 0. The number of alkyl halides is 3. The summed E-state index contributed by atoms with van der Waals surface area (Å²) in [5.41, 5.74) is -0.0903. The summed E-state index contributed by atoms with van der Waals surface area (Å²) in [4.78, 5) is 15.2. The molecule has 0 radical (unpaired) electrons. The number of Topliss-reactive ketones (excluding diaryl/α,β-unsaturated/α-hetero) is 1. The Balaban J connectivity index is 2.15. The lowest BCUT2D eigenvalue weighted by atomic mass is 10.00. The molecule has 1 aromatic heterocycles. The molecule has 1 aromatic carbocycles. The fraction of sp³-hybridized carbons (Fsp3) is 0.438. The Labute approximate surface area is 135 Å². The molecule has 24 heavy (non-hydrogen) atoms. The van der Waals surface area contributed by atoms with Gasteiger partial charge in [-0.05, 0) is 24.5 Å². The molecule has 4 nitrogen and oxygen atoms in total. The van der Waals surface area contributed by atoms with E-state index in [0.717, 1.165) is 12.5 Å². The molecule has 0 amide bonds. The van der Waals surface area contributed by atoms with Gasteiger partial charge in [0.2, 0.25) is 5.82 Å². The molecule has 8 heteroatoms. The molecule has 0 N–H and O–H groups in total. The summed E-state index contributed by atoms with van der Waals surface area (Å²) in [6, 6.07) is 3.45. The normalized spacial score (nSPS) is 12.0. The van der Waals surface area contributed by atoms with Gasteiger partial charge >= 0.3 is 12.1 Å². The number of carbonyl (C=O) groups excluding carboxylic acids is 1. The van der Waals surface area contributed by atoms with Gasteiger partial charge < -0.3 is 4.52 Å². The van der Waals surface area contributed by atoms with Crippen LogP contribution in [-0.4, -0.2) is 15.9 Å². The van der Waals surface area contributed by atoms with E-state index < -0.39 is 17.9 Å². The molecule has 0 fully saturated rings. The van der Waals surface area contributed by atoms with Crippen LogP contribution < -0.4 is 0 Å². The highest BCUT2D eigenvalue weighted by Crippen LogP contribution is 2.29. The SMILES string of the molecule is CC(C)CCCC(=O)c1ccc(-c2noc(C(F)(F)F)n2)cc1F. The smallest absolute Gasteiger partial charge is 0.329 e. The Hall–Kier alpha value is -2.25. The van der Waals surface area contributed by atoms with E-state index in [4.69, 9.17) is 0 Å². The Bertz CT molecular complexity index is 723. The first-order valence-corrected chi connectivity index (χ1v) is 7.42. The third-order valence-electron chi connectivity index (χ3n) is 3.38. The molecular formula is C16H16F4N2O2. The van der Waals surface area contributed by atoms with E-state index in [9.17, 15) is 22.4 Å². The van der Waals surface area contributed by atoms with Gasteiger partial charge in [0.05, 0.1) is 5.56 Å². The number of hydrogen-bond donors (Lipinski definition) is 0. The largest absolute Gasteiger partial charge is 0.471 e. The monoisotopic (exact) mass is 344 g/mol. The molecule has 0 atom stereocenters. The number of rotatable bonds is 6. The van der Waals surface area contributed by atoms with Crippen LogP contribution >= 0.6 is 0 Å². The predicted molar refractivity (Wildman–Crippen MR) is 77.7 cm³/mol. The van der Waals surface area contributed by atoms with Gasteiger partial charge in [0.1, 0.15) is 5.82 Å². The maximum absolute atomic E-state index is 14.1. The molecule has 130 valence electrons. The molecule has 0 aliphatic carbocycles. The summed E-state index contributed by atoms with van der Waals surface area (Å²) in [5.74, 6) is -2.61. The summed E-state index contributed by atoms with van der Waals surface area (Å²) in [7, 11) is 0. The molecule has 0 spiro atoms. The number of aromatic nitrogens is 2. The molecule has 0 saturated carbocycles. The molecular weight excluding hydrogens is 328 g/mol. The van der Waals surface area contributed by atoms with Gasteiger partial charge in [0.25, 0.3) is 0 Å². The van der Waals surface area contributed by atoms with Crippen LogP contribution in [0.5, 0.6) is 0 Å². The van der Waals surface area contributed by atoms with Gasteiger partial charge in [-0.3, -0.25) is 4.79 Å². The van der Waals surface area contributed by atoms with Crippen LogP contribution in [0.3, 0.4) is 0 Å². The zero-order chi connectivity index (χ0) is 17.9. The van der Waals surface area contributed by atoms with Crippen molar-refractivity contribution in [3.05, 3.63) is 35.5 Å². The fourth-order valence-electron chi connectivity index (χ4n) is 2.14. The van der Waals surface area contributed by atoms with Crippen molar-refractivity contribution in [3.63, 3.8) is 0 Å². The molecule has 0 saturated heterocycles. The van der Waals surface area contributed by atoms with Crippen LogP contribution in [0.4, 0.5) is 17.6 Å². The lowest BCUT2D eigenvalue weighted by molar-refractivity contribution is -0.159. The Morgan fingerprint density at radius 1 is 1.29 bits per heavy atom. The van der Waals surface area contributed by atoms with Gasteiger partial charge in [0.15, 0.2) is 5.78 Å². The fourth-order valence-corrected chi connectivity index (χ4v) is 2.14. The highest BCUT2D eigenvalue weighted by Gasteiger charge is 2.38. The number of carbonyl (C=O) groups is 1. The average Bonchev–Trinajstić information content (AvgIpc) is 2.96.